The van der Waals surface area contributed by atoms with E-state index in [2.05, 4.69) is 17.2 Å². The Morgan fingerprint density at radius 3 is 2.71 bits per heavy atom. The Balaban J connectivity index is 1.96. The Labute approximate surface area is 130 Å². The van der Waals surface area contributed by atoms with Crippen molar-refractivity contribution in [3.8, 4) is 0 Å². The van der Waals surface area contributed by atoms with Gasteiger partial charge < -0.3 is 15.3 Å². The molecule has 1 aromatic heterocycles. The summed E-state index contributed by atoms with van der Waals surface area (Å²) in [7, 11) is 0. The van der Waals surface area contributed by atoms with E-state index >= 15 is 0 Å². The number of aromatic nitrogens is 1. The number of halogens is 1. The van der Waals surface area contributed by atoms with E-state index in [1.807, 2.05) is 6.92 Å². The zero-order chi connectivity index (χ0) is 15.5. The predicted octanol–water partition coefficient (Wildman–Crippen LogP) is 3.06. The van der Waals surface area contributed by atoms with Crippen LogP contribution in [0.3, 0.4) is 0 Å². The van der Waals surface area contributed by atoms with Crippen molar-refractivity contribution in [3.63, 3.8) is 0 Å². The van der Waals surface area contributed by atoms with Gasteiger partial charge in [0.2, 0.25) is 0 Å². The molecule has 0 saturated carbocycles. The molecule has 21 heavy (non-hydrogen) atoms. The molecule has 1 aliphatic rings. The van der Waals surface area contributed by atoms with Crippen molar-refractivity contribution >= 4 is 23.3 Å². The van der Waals surface area contributed by atoms with Gasteiger partial charge in [-0.15, -0.1) is 0 Å². The largest absolute Gasteiger partial charge is 0.396 e. The van der Waals surface area contributed by atoms with Gasteiger partial charge in [-0.3, -0.25) is 0 Å². The summed E-state index contributed by atoms with van der Waals surface area (Å²) in [5, 5.41) is 12.8. The van der Waals surface area contributed by atoms with Gasteiger partial charge in [0.25, 0.3) is 0 Å². The zero-order valence-corrected chi connectivity index (χ0v) is 13.3. The molecule has 1 aromatic rings. The minimum absolute atomic E-state index is 0.0193. The number of hydrogen-bond donors (Lipinski definition) is 2. The van der Waals surface area contributed by atoms with E-state index in [9.17, 15) is 9.90 Å². The van der Waals surface area contributed by atoms with Gasteiger partial charge in [0.15, 0.2) is 0 Å². The van der Waals surface area contributed by atoms with E-state index in [1.54, 1.807) is 17.2 Å². The summed E-state index contributed by atoms with van der Waals surface area (Å²) in [6.45, 7) is 5.50. The summed E-state index contributed by atoms with van der Waals surface area (Å²) >= 11 is 5.81. The second kappa shape index (κ2) is 6.62. The monoisotopic (exact) mass is 311 g/mol. The van der Waals surface area contributed by atoms with Crippen LogP contribution in [0, 0.1) is 12.3 Å². The van der Waals surface area contributed by atoms with Crippen LogP contribution in [0.4, 0.5) is 10.5 Å². The fourth-order valence-corrected chi connectivity index (χ4v) is 2.87. The number of nitrogens with zero attached hydrogens (tertiary/aromatic N) is 2. The first-order valence-electron chi connectivity index (χ1n) is 7.28. The molecule has 1 aliphatic heterocycles. The maximum atomic E-state index is 12.3. The number of piperidine rings is 1. The average Bonchev–Trinajstić information content (AvgIpc) is 2.50. The summed E-state index contributed by atoms with van der Waals surface area (Å²) < 4.78 is 0. The number of carbonyl (C=O) groups excluding carboxylic acids is 1. The number of rotatable bonds is 3. The van der Waals surface area contributed by atoms with E-state index in [4.69, 9.17) is 11.6 Å². The third-order valence-corrected chi connectivity index (χ3v) is 4.72. The maximum absolute atomic E-state index is 12.3. The number of amides is 2. The molecule has 1 fully saturated rings. The fourth-order valence-electron chi connectivity index (χ4n) is 2.65. The molecule has 0 unspecified atom stereocenters. The van der Waals surface area contributed by atoms with E-state index in [-0.39, 0.29) is 18.1 Å². The third kappa shape index (κ3) is 3.66. The smallest absolute Gasteiger partial charge is 0.321 e. The van der Waals surface area contributed by atoms with Gasteiger partial charge in [0.1, 0.15) is 5.15 Å². The van der Waals surface area contributed by atoms with E-state index in [0.29, 0.717) is 23.9 Å². The fraction of sp³-hybridized carbons (Fsp3) is 0.600. The Morgan fingerprint density at radius 2 is 2.19 bits per heavy atom. The number of urea groups is 1. The highest BCUT2D eigenvalue weighted by molar-refractivity contribution is 6.29. The highest BCUT2D eigenvalue weighted by Gasteiger charge is 2.33. The molecule has 0 bridgehead atoms. The van der Waals surface area contributed by atoms with Crippen LogP contribution in [0.1, 0.15) is 31.7 Å². The Hall–Kier alpha value is -1.33. The molecule has 2 heterocycles. The topological polar surface area (TPSA) is 65.5 Å². The second-order valence-corrected chi connectivity index (χ2v) is 6.14. The summed E-state index contributed by atoms with van der Waals surface area (Å²) in [6, 6.07) is 1.60. The van der Waals surface area contributed by atoms with E-state index in [1.165, 1.54) is 0 Å². The standard InChI is InChI=1S/C15H22ClN3O2/c1-3-15(10-20)4-6-19(7-5-15)14(21)18-12-9-17-13(16)8-11(12)2/h8-9,20H,3-7,10H2,1-2H3,(H,18,21). The van der Waals surface area contributed by atoms with Gasteiger partial charge in [0, 0.05) is 19.7 Å². The Kier molecular flexibility index (Phi) is 5.06. The quantitative estimate of drug-likeness (QED) is 0.843. The van der Waals surface area contributed by atoms with Crippen LogP contribution in [0.25, 0.3) is 0 Å². The number of carbonyl (C=O) groups is 1. The van der Waals surface area contributed by atoms with Crippen molar-refractivity contribution in [3.05, 3.63) is 23.0 Å². The van der Waals surface area contributed by atoms with Gasteiger partial charge in [-0.1, -0.05) is 18.5 Å². The molecule has 0 atom stereocenters. The molecule has 1 saturated heterocycles. The molecular formula is C15H22ClN3O2. The molecule has 2 amide bonds. The Bertz CT molecular complexity index is 508. The SMILES string of the molecule is CCC1(CO)CCN(C(=O)Nc2cnc(Cl)cc2C)CC1. The lowest BCUT2D eigenvalue weighted by Crippen LogP contribution is -2.46. The van der Waals surface area contributed by atoms with Crippen molar-refractivity contribution in [1.29, 1.82) is 0 Å². The van der Waals surface area contributed by atoms with Crippen molar-refractivity contribution < 1.29 is 9.90 Å². The van der Waals surface area contributed by atoms with E-state index < -0.39 is 0 Å². The zero-order valence-electron chi connectivity index (χ0n) is 12.5. The summed E-state index contributed by atoms with van der Waals surface area (Å²) in [5.74, 6) is 0. The van der Waals surface area contributed by atoms with Crippen molar-refractivity contribution in [2.24, 2.45) is 5.41 Å². The molecule has 0 spiro atoms. The molecule has 2 N–H and O–H groups in total. The lowest BCUT2D eigenvalue weighted by atomic mass is 9.77. The normalized spacial score (nSPS) is 17.6. The van der Waals surface area contributed by atoms with Crippen LogP contribution in [-0.4, -0.2) is 40.7 Å². The molecule has 0 radical (unpaired) electrons. The first-order chi connectivity index (χ1) is 9.99. The first kappa shape index (κ1) is 16.0. The first-order valence-corrected chi connectivity index (χ1v) is 7.66. The molecule has 116 valence electrons. The average molecular weight is 312 g/mol. The summed E-state index contributed by atoms with van der Waals surface area (Å²) in [4.78, 5) is 18.1. The summed E-state index contributed by atoms with van der Waals surface area (Å²) in [5.41, 5.74) is 1.55. The summed E-state index contributed by atoms with van der Waals surface area (Å²) in [6.07, 6.45) is 4.19. The second-order valence-electron chi connectivity index (χ2n) is 5.75. The lowest BCUT2D eigenvalue weighted by Gasteiger charge is -2.40. The Morgan fingerprint density at radius 1 is 1.52 bits per heavy atom. The van der Waals surface area contributed by atoms with Crippen LogP contribution in [0.15, 0.2) is 12.3 Å². The van der Waals surface area contributed by atoms with Gasteiger partial charge >= 0.3 is 6.03 Å². The number of nitrogens with one attached hydrogen (secondary N) is 1. The number of likely N-dealkylation sites (tertiary alicyclic amines) is 1. The van der Waals surface area contributed by atoms with Crippen molar-refractivity contribution in [2.45, 2.75) is 33.1 Å². The van der Waals surface area contributed by atoms with Crippen LogP contribution in [0.5, 0.6) is 0 Å². The molecule has 2 rings (SSSR count). The van der Waals surface area contributed by atoms with E-state index in [0.717, 1.165) is 24.8 Å². The molecule has 6 heteroatoms. The number of aliphatic hydroxyl groups is 1. The van der Waals surface area contributed by atoms with Crippen LogP contribution < -0.4 is 5.32 Å². The molecule has 0 aliphatic carbocycles. The van der Waals surface area contributed by atoms with Crippen LogP contribution in [-0.2, 0) is 0 Å². The lowest BCUT2D eigenvalue weighted by molar-refractivity contribution is 0.0542. The molecular weight excluding hydrogens is 290 g/mol. The van der Waals surface area contributed by atoms with Gasteiger partial charge in [0.05, 0.1) is 11.9 Å². The predicted molar refractivity (Wildman–Crippen MR) is 83.6 cm³/mol. The van der Waals surface area contributed by atoms with Gasteiger partial charge in [-0.25, -0.2) is 9.78 Å². The van der Waals surface area contributed by atoms with Crippen molar-refractivity contribution in [1.82, 2.24) is 9.88 Å². The maximum Gasteiger partial charge on any atom is 0.321 e. The number of hydrogen-bond acceptors (Lipinski definition) is 3. The van der Waals surface area contributed by atoms with Gasteiger partial charge in [-0.05, 0) is 43.2 Å². The number of pyridine rings is 1. The van der Waals surface area contributed by atoms with Crippen LogP contribution >= 0.6 is 11.6 Å². The van der Waals surface area contributed by atoms with Crippen LogP contribution in [0.2, 0.25) is 5.15 Å². The highest BCUT2D eigenvalue weighted by atomic mass is 35.5. The third-order valence-electron chi connectivity index (χ3n) is 4.52. The van der Waals surface area contributed by atoms with Gasteiger partial charge in [-0.2, -0.15) is 0 Å². The molecule has 0 aromatic carbocycles. The highest BCUT2D eigenvalue weighted by Crippen LogP contribution is 2.34. The minimum Gasteiger partial charge on any atom is -0.396 e. The number of aryl methyl sites for hydroxylation is 1. The van der Waals surface area contributed by atoms with Crippen molar-refractivity contribution in [2.75, 3.05) is 25.0 Å². The minimum atomic E-state index is -0.120. The molecule has 5 nitrogen and oxygen atoms in total. The number of anilines is 1. The number of aliphatic hydroxyl groups excluding tert-OH is 1.